The van der Waals surface area contributed by atoms with Gasteiger partial charge in [-0.25, -0.2) is 0 Å². The molecule has 0 atom stereocenters. The third-order valence-corrected chi connectivity index (χ3v) is 3.92. The van der Waals surface area contributed by atoms with Crippen molar-refractivity contribution in [2.45, 2.75) is 12.8 Å². The molecule has 0 aromatic rings. The van der Waals surface area contributed by atoms with E-state index in [4.69, 9.17) is 10.2 Å². The Morgan fingerprint density at radius 1 is 0.765 bits per heavy atom. The Morgan fingerprint density at radius 3 is 1.41 bits per heavy atom. The molecule has 0 amide bonds. The zero-order chi connectivity index (χ0) is 23.9. The number of hydrogen-bond acceptors (Lipinski definition) is 10. The van der Waals surface area contributed by atoms with E-state index in [9.17, 15) is 29.8 Å². The molecule has 0 saturated carbocycles. The number of hydrogen-bond donors (Lipinski definition) is 4. The Balaban J connectivity index is 0. The number of nitrogens with one attached hydrogen (secondary N) is 2. The van der Waals surface area contributed by atoms with E-state index in [0.717, 1.165) is 0 Å². The van der Waals surface area contributed by atoms with Crippen LogP contribution in [-0.2, 0) is 43.7 Å². The Hall–Kier alpha value is -2.86. The van der Waals surface area contributed by atoms with Crippen molar-refractivity contribution in [1.82, 2.24) is 10.6 Å². The zero-order valence-electron chi connectivity index (χ0n) is 17.7. The first-order valence-electron chi connectivity index (χ1n) is 9.57. The molecular weight excluding hydrogens is 551 g/mol. The summed E-state index contributed by atoms with van der Waals surface area (Å²) in [5.74, 6) is -1.21. The van der Waals surface area contributed by atoms with Gasteiger partial charge < -0.3 is 20.8 Å². The summed E-state index contributed by atoms with van der Waals surface area (Å²) in [5, 5.41) is 43.6. The van der Waals surface area contributed by atoms with Gasteiger partial charge in [-0.05, 0) is 25.0 Å². The van der Waals surface area contributed by atoms with Crippen molar-refractivity contribution in [2.24, 2.45) is 0 Å². The molecule has 0 aromatic heterocycles. The summed E-state index contributed by atoms with van der Waals surface area (Å²) in [7, 11) is 0. The number of carbonyl (C=O) groups is 2. The molecule has 0 fully saturated rings. The van der Waals surface area contributed by atoms with Gasteiger partial charge in [-0.2, -0.15) is 0 Å². The van der Waals surface area contributed by atoms with Gasteiger partial charge in [0.25, 0.3) is 11.6 Å². The van der Waals surface area contributed by atoms with E-state index < -0.39 is 32.8 Å². The number of aliphatic hydroxyl groups is 2. The van der Waals surface area contributed by atoms with Crippen molar-refractivity contribution in [1.29, 1.82) is 0 Å². The van der Waals surface area contributed by atoms with Gasteiger partial charge in [0.05, 0.1) is 9.85 Å². The molecule has 0 unspecified atom stereocenters. The molecule has 12 nitrogen and oxygen atoms in total. The molecule has 2 aliphatic rings. The maximum absolute atomic E-state index is 11.5. The summed E-state index contributed by atoms with van der Waals surface area (Å²) in [6.07, 6.45) is 12.2. The quantitative estimate of drug-likeness (QED) is 0.0927. The number of carbonyl (C=O) groups excluding carboxylic acids is 2. The maximum atomic E-state index is 11.5. The van der Waals surface area contributed by atoms with Crippen molar-refractivity contribution >= 4 is 11.6 Å². The van der Waals surface area contributed by atoms with Crippen LogP contribution < -0.4 is 10.6 Å². The fraction of sp³-hybridized carbons (Fsp3) is 0.300. The van der Waals surface area contributed by atoms with Crippen LogP contribution in [0.2, 0.25) is 0 Å². The van der Waals surface area contributed by atoms with E-state index in [-0.39, 0.29) is 58.5 Å². The third kappa shape index (κ3) is 11.3. The third-order valence-electron chi connectivity index (χ3n) is 3.92. The first kappa shape index (κ1) is 33.3. The van der Waals surface area contributed by atoms with Gasteiger partial charge >= 0.3 is 11.4 Å². The van der Waals surface area contributed by atoms with E-state index in [1.165, 1.54) is 48.9 Å². The van der Waals surface area contributed by atoms with Crippen LogP contribution in [-0.4, -0.2) is 57.9 Å². The molecule has 0 aliphatic heterocycles. The summed E-state index contributed by atoms with van der Waals surface area (Å²) in [4.78, 5) is 42.6. The summed E-state index contributed by atoms with van der Waals surface area (Å²) < 4.78 is 0. The van der Waals surface area contributed by atoms with E-state index >= 15 is 0 Å². The van der Waals surface area contributed by atoms with Crippen molar-refractivity contribution in [2.75, 3.05) is 26.3 Å². The predicted octanol–water partition coefficient (Wildman–Crippen LogP) is 0.279. The second kappa shape index (κ2) is 18.6. The Bertz CT molecular complexity index is 850. The number of rotatable bonds is 10. The second-order valence-electron chi connectivity index (χ2n) is 6.26. The zero-order valence-corrected chi connectivity index (χ0v) is 19.6. The van der Waals surface area contributed by atoms with Gasteiger partial charge in [0.1, 0.15) is 0 Å². The molecule has 2 aliphatic carbocycles. The van der Waals surface area contributed by atoms with Gasteiger partial charge in [-0.15, -0.1) is 0 Å². The van der Waals surface area contributed by atoms with E-state index in [1.54, 1.807) is 0 Å². The summed E-state index contributed by atoms with van der Waals surface area (Å²) in [5.41, 5.74) is -0.380. The minimum atomic E-state index is -0.701. The Labute approximate surface area is 216 Å². The average Bonchev–Trinajstić information content (AvgIpc) is 2.76. The molecule has 4 N–H and O–H groups in total. The van der Waals surface area contributed by atoms with Crippen LogP contribution in [0.5, 0.6) is 0 Å². The standard InChI is InChI=1S/2C10H12N2O4.2Cu/c2*13-6-2-5-11-7-8-3-1-4-9(10(8)14)12(15)16;;/h2*1,3-4,7,11,13H,2,5-6H2;;. The first-order valence-corrected chi connectivity index (χ1v) is 9.57. The monoisotopic (exact) mass is 574 g/mol. The summed E-state index contributed by atoms with van der Waals surface area (Å²) >= 11 is 0. The molecular formula is C20H24Cu2N4O8. The first-order chi connectivity index (χ1) is 15.3. The second-order valence-corrected chi connectivity index (χ2v) is 6.26. The van der Waals surface area contributed by atoms with Crippen LogP contribution in [0.3, 0.4) is 0 Å². The number of nitro groups is 2. The molecule has 34 heavy (non-hydrogen) atoms. The Morgan fingerprint density at radius 2 is 1.12 bits per heavy atom. The van der Waals surface area contributed by atoms with Crippen molar-refractivity contribution in [3.05, 3.63) is 91.6 Å². The Kier molecular flexibility index (Phi) is 18.2. The molecule has 0 heterocycles. The molecule has 194 valence electrons. The van der Waals surface area contributed by atoms with Crippen LogP contribution in [0.4, 0.5) is 0 Å². The minimum Gasteiger partial charge on any atom is -0.396 e. The summed E-state index contributed by atoms with van der Waals surface area (Å²) in [6, 6.07) is 0. The van der Waals surface area contributed by atoms with Crippen LogP contribution in [0.1, 0.15) is 12.8 Å². The van der Waals surface area contributed by atoms with Crippen molar-refractivity contribution in [3.63, 3.8) is 0 Å². The minimum absolute atomic E-state index is 0. The molecule has 0 aromatic carbocycles. The van der Waals surface area contributed by atoms with E-state index in [2.05, 4.69) is 10.6 Å². The number of allylic oxidation sites excluding steroid dienone is 8. The normalized spacial score (nSPS) is 16.4. The SMILES string of the molecule is O=C1C(=CNCCCO)C=CC=C1[N+](=O)[O-].O=C1C(=CNCCCO)C=CC=C1[N+](=O)[O-].[Cu].[Cu]. The smallest absolute Gasteiger partial charge is 0.316 e. The van der Waals surface area contributed by atoms with Gasteiger partial charge in [0.15, 0.2) is 0 Å². The molecule has 0 bridgehead atoms. The van der Waals surface area contributed by atoms with Crippen molar-refractivity contribution in [3.8, 4) is 0 Å². The topological polar surface area (TPSA) is 185 Å². The average molecular weight is 576 g/mol. The fourth-order valence-electron chi connectivity index (χ4n) is 2.33. The van der Waals surface area contributed by atoms with E-state index in [0.29, 0.717) is 25.9 Å². The largest absolute Gasteiger partial charge is 0.396 e. The van der Waals surface area contributed by atoms with Gasteiger partial charge in [-0.3, -0.25) is 29.8 Å². The van der Waals surface area contributed by atoms with Crippen LogP contribution in [0, 0.1) is 20.2 Å². The number of nitrogens with zero attached hydrogens (tertiary/aromatic N) is 2. The number of ketones is 2. The predicted molar refractivity (Wildman–Crippen MR) is 114 cm³/mol. The molecule has 2 radical (unpaired) electrons. The molecule has 0 spiro atoms. The summed E-state index contributed by atoms with van der Waals surface area (Å²) in [6.45, 7) is 1.14. The maximum Gasteiger partial charge on any atom is 0.316 e. The van der Waals surface area contributed by atoms with Gasteiger partial charge in [0.2, 0.25) is 0 Å². The molecule has 0 saturated heterocycles. The number of aliphatic hydroxyl groups excluding tert-OH is 2. The molecule has 2 rings (SSSR count). The van der Waals surface area contributed by atoms with E-state index in [1.807, 2.05) is 0 Å². The molecule has 14 heteroatoms. The van der Waals surface area contributed by atoms with Crippen LogP contribution >= 0.6 is 0 Å². The fourth-order valence-corrected chi connectivity index (χ4v) is 2.33. The van der Waals surface area contributed by atoms with Crippen LogP contribution in [0.15, 0.2) is 71.4 Å². The van der Waals surface area contributed by atoms with Gasteiger partial charge in [0, 0.05) is 96.1 Å². The number of Topliss-reactive ketones (excluding diaryl/α,β-unsaturated/α-hetero) is 2. The van der Waals surface area contributed by atoms with Gasteiger partial charge in [-0.1, -0.05) is 12.2 Å². The van der Waals surface area contributed by atoms with Crippen molar-refractivity contribution < 1.29 is 63.8 Å². The van der Waals surface area contributed by atoms with Crippen LogP contribution in [0.25, 0.3) is 0 Å².